The number of carbonyl (C=O) groups is 2. The number of benzene rings is 2. The van der Waals surface area contributed by atoms with Crippen molar-refractivity contribution in [3.8, 4) is 11.3 Å². The van der Waals surface area contributed by atoms with E-state index < -0.39 is 24.3 Å². The zero-order chi connectivity index (χ0) is 19.4. The third-order valence-corrected chi connectivity index (χ3v) is 4.57. The number of aryl methyl sites for hydroxylation is 1. The SMILES string of the molecule is Cc1ccc(-c2csc(NC(=O)COC(=O)c3cc(Cl)ccc3F)n2)cc1. The average molecular weight is 405 g/mol. The highest BCUT2D eigenvalue weighted by atomic mass is 35.5. The molecule has 2 aromatic carbocycles. The van der Waals surface area contributed by atoms with E-state index in [2.05, 4.69) is 10.3 Å². The summed E-state index contributed by atoms with van der Waals surface area (Å²) in [7, 11) is 0. The quantitative estimate of drug-likeness (QED) is 0.625. The van der Waals surface area contributed by atoms with Crippen LogP contribution < -0.4 is 5.32 Å². The molecule has 0 aliphatic carbocycles. The molecule has 0 aliphatic rings. The predicted octanol–water partition coefficient (Wildman–Crippen LogP) is 4.71. The highest BCUT2D eigenvalue weighted by Crippen LogP contribution is 2.25. The van der Waals surface area contributed by atoms with Gasteiger partial charge < -0.3 is 4.74 Å². The molecule has 27 heavy (non-hydrogen) atoms. The van der Waals surface area contributed by atoms with Crippen molar-refractivity contribution in [2.24, 2.45) is 0 Å². The van der Waals surface area contributed by atoms with Gasteiger partial charge in [0.05, 0.1) is 11.3 Å². The molecular weight excluding hydrogens is 391 g/mol. The largest absolute Gasteiger partial charge is 0.452 e. The molecule has 3 rings (SSSR count). The number of hydrogen-bond acceptors (Lipinski definition) is 5. The van der Waals surface area contributed by atoms with E-state index in [0.29, 0.717) is 5.13 Å². The first-order valence-corrected chi connectivity index (χ1v) is 9.13. The van der Waals surface area contributed by atoms with Crippen LogP contribution in [0.15, 0.2) is 47.8 Å². The summed E-state index contributed by atoms with van der Waals surface area (Å²) < 4.78 is 18.4. The van der Waals surface area contributed by atoms with Crippen molar-refractivity contribution in [3.63, 3.8) is 0 Å². The number of amides is 1. The maximum Gasteiger partial charge on any atom is 0.341 e. The Morgan fingerprint density at radius 2 is 1.96 bits per heavy atom. The molecule has 0 saturated heterocycles. The summed E-state index contributed by atoms with van der Waals surface area (Å²) in [5, 5.41) is 4.93. The number of aromatic nitrogens is 1. The van der Waals surface area contributed by atoms with Crippen LogP contribution >= 0.6 is 22.9 Å². The Morgan fingerprint density at radius 1 is 1.22 bits per heavy atom. The van der Waals surface area contributed by atoms with Crippen molar-refractivity contribution in [1.29, 1.82) is 0 Å². The Bertz CT molecular complexity index is 989. The van der Waals surface area contributed by atoms with Gasteiger partial charge in [0.2, 0.25) is 0 Å². The Kier molecular flexibility index (Phi) is 5.83. The number of rotatable bonds is 5. The van der Waals surface area contributed by atoms with E-state index in [1.807, 2.05) is 36.6 Å². The molecule has 1 N–H and O–H groups in total. The number of nitrogens with one attached hydrogen (secondary N) is 1. The number of esters is 1. The summed E-state index contributed by atoms with van der Waals surface area (Å²) in [6.07, 6.45) is 0. The minimum atomic E-state index is -0.968. The van der Waals surface area contributed by atoms with Crippen molar-refractivity contribution in [2.45, 2.75) is 6.92 Å². The molecule has 1 amide bonds. The molecule has 0 unspecified atom stereocenters. The second kappa shape index (κ2) is 8.28. The average Bonchev–Trinajstić information content (AvgIpc) is 3.10. The number of hydrogen-bond donors (Lipinski definition) is 1. The van der Waals surface area contributed by atoms with Crippen molar-refractivity contribution in [3.05, 3.63) is 69.8 Å². The molecule has 8 heteroatoms. The van der Waals surface area contributed by atoms with Gasteiger partial charge in [-0.05, 0) is 25.1 Å². The molecule has 0 bridgehead atoms. The Balaban J connectivity index is 1.57. The Morgan fingerprint density at radius 3 is 2.70 bits per heavy atom. The highest BCUT2D eigenvalue weighted by Gasteiger charge is 2.16. The molecule has 0 atom stereocenters. The molecular formula is C19H14ClFN2O3S. The molecule has 0 spiro atoms. The van der Waals surface area contributed by atoms with E-state index in [0.717, 1.165) is 29.0 Å². The summed E-state index contributed by atoms with van der Waals surface area (Å²) in [4.78, 5) is 28.2. The van der Waals surface area contributed by atoms with Gasteiger partial charge in [0.1, 0.15) is 5.82 Å². The summed E-state index contributed by atoms with van der Waals surface area (Å²) >= 11 is 6.98. The second-order valence-corrected chi connectivity index (χ2v) is 6.95. The van der Waals surface area contributed by atoms with Crippen LogP contribution in [-0.2, 0) is 9.53 Å². The summed E-state index contributed by atoms with van der Waals surface area (Å²) in [5.41, 5.74) is 2.47. The molecule has 3 aromatic rings. The molecule has 0 saturated carbocycles. The molecule has 1 aromatic heterocycles. The lowest BCUT2D eigenvalue weighted by Crippen LogP contribution is -2.21. The number of carbonyl (C=O) groups excluding carboxylic acids is 2. The third-order valence-electron chi connectivity index (χ3n) is 3.58. The Hall–Kier alpha value is -2.77. The van der Waals surface area contributed by atoms with Crippen molar-refractivity contribution < 1.29 is 18.7 Å². The number of anilines is 1. The fourth-order valence-electron chi connectivity index (χ4n) is 2.21. The first-order chi connectivity index (χ1) is 12.9. The third kappa shape index (κ3) is 4.90. The van der Waals surface area contributed by atoms with Gasteiger partial charge in [0.25, 0.3) is 5.91 Å². The van der Waals surface area contributed by atoms with Crippen LogP contribution in [0.4, 0.5) is 9.52 Å². The molecule has 0 fully saturated rings. The van der Waals surface area contributed by atoms with Crippen LogP contribution in [0.25, 0.3) is 11.3 Å². The van der Waals surface area contributed by atoms with E-state index in [1.54, 1.807) is 0 Å². The van der Waals surface area contributed by atoms with Gasteiger partial charge in [-0.2, -0.15) is 0 Å². The van der Waals surface area contributed by atoms with E-state index >= 15 is 0 Å². The lowest BCUT2D eigenvalue weighted by Gasteiger charge is -2.06. The lowest BCUT2D eigenvalue weighted by molar-refractivity contribution is -0.119. The van der Waals surface area contributed by atoms with Gasteiger partial charge in [-0.15, -0.1) is 11.3 Å². The van der Waals surface area contributed by atoms with Gasteiger partial charge in [0, 0.05) is 16.0 Å². The number of ether oxygens (including phenoxy) is 1. The smallest absolute Gasteiger partial charge is 0.341 e. The van der Waals surface area contributed by atoms with E-state index in [1.165, 1.54) is 17.4 Å². The standard InChI is InChI=1S/C19H14ClFN2O3S/c1-11-2-4-12(5-3-11)16-10-27-19(22-16)23-17(24)9-26-18(25)14-8-13(20)6-7-15(14)21/h2-8,10H,9H2,1H3,(H,22,23,24). The first kappa shape index (κ1) is 19.0. The molecule has 138 valence electrons. The van der Waals surface area contributed by atoms with Crippen LogP contribution in [0.3, 0.4) is 0 Å². The van der Waals surface area contributed by atoms with E-state index in [-0.39, 0.29) is 10.6 Å². The van der Waals surface area contributed by atoms with Crippen LogP contribution in [0, 0.1) is 12.7 Å². The summed E-state index contributed by atoms with van der Waals surface area (Å²) in [6, 6.07) is 11.3. The van der Waals surface area contributed by atoms with Crippen LogP contribution in [-0.4, -0.2) is 23.5 Å². The number of nitrogens with zero attached hydrogens (tertiary/aromatic N) is 1. The van der Waals surface area contributed by atoms with Gasteiger partial charge in [-0.3, -0.25) is 10.1 Å². The zero-order valence-electron chi connectivity index (χ0n) is 14.2. The van der Waals surface area contributed by atoms with Crippen LogP contribution in [0.1, 0.15) is 15.9 Å². The zero-order valence-corrected chi connectivity index (χ0v) is 15.7. The second-order valence-electron chi connectivity index (χ2n) is 5.65. The summed E-state index contributed by atoms with van der Waals surface area (Å²) in [6.45, 7) is 1.43. The number of thiazole rings is 1. The van der Waals surface area contributed by atoms with Gasteiger partial charge in [0.15, 0.2) is 11.7 Å². The van der Waals surface area contributed by atoms with Crippen molar-refractivity contribution in [1.82, 2.24) is 4.98 Å². The number of halogens is 2. The summed E-state index contributed by atoms with van der Waals surface area (Å²) in [5.74, 6) is -2.31. The van der Waals surface area contributed by atoms with E-state index in [9.17, 15) is 14.0 Å². The van der Waals surface area contributed by atoms with Crippen molar-refractivity contribution in [2.75, 3.05) is 11.9 Å². The first-order valence-electron chi connectivity index (χ1n) is 7.87. The monoisotopic (exact) mass is 404 g/mol. The molecule has 5 nitrogen and oxygen atoms in total. The topological polar surface area (TPSA) is 68.3 Å². The normalized spacial score (nSPS) is 10.5. The predicted molar refractivity (Wildman–Crippen MR) is 103 cm³/mol. The van der Waals surface area contributed by atoms with Gasteiger partial charge in [-0.1, -0.05) is 41.4 Å². The van der Waals surface area contributed by atoms with Crippen LogP contribution in [0.2, 0.25) is 5.02 Å². The molecule has 0 aliphatic heterocycles. The minimum absolute atomic E-state index is 0.194. The Labute approximate surface area is 163 Å². The minimum Gasteiger partial charge on any atom is -0.452 e. The van der Waals surface area contributed by atoms with E-state index in [4.69, 9.17) is 16.3 Å². The highest BCUT2D eigenvalue weighted by molar-refractivity contribution is 7.14. The van der Waals surface area contributed by atoms with Crippen molar-refractivity contribution >= 4 is 39.9 Å². The molecule has 0 radical (unpaired) electrons. The maximum atomic E-state index is 13.6. The fourth-order valence-corrected chi connectivity index (χ4v) is 3.11. The van der Waals surface area contributed by atoms with Gasteiger partial charge in [-0.25, -0.2) is 14.2 Å². The van der Waals surface area contributed by atoms with Crippen LogP contribution in [0.5, 0.6) is 0 Å². The lowest BCUT2D eigenvalue weighted by atomic mass is 10.1. The fraction of sp³-hybridized carbons (Fsp3) is 0.105. The molecule has 1 heterocycles. The maximum absolute atomic E-state index is 13.6. The van der Waals surface area contributed by atoms with Gasteiger partial charge >= 0.3 is 5.97 Å².